The zero-order chi connectivity index (χ0) is 20.6. The number of hydrogen-bond acceptors (Lipinski definition) is 6. The van der Waals surface area contributed by atoms with Crippen molar-refractivity contribution in [2.45, 2.75) is 44.9 Å². The van der Waals surface area contributed by atoms with Crippen molar-refractivity contribution in [2.75, 3.05) is 20.3 Å². The molecular weight excluding hydrogens is 378 g/mol. The lowest BCUT2D eigenvalue weighted by Crippen LogP contribution is -2.33. The van der Waals surface area contributed by atoms with Crippen LogP contribution in [0, 0.1) is 0 Å². The molecule has 0 saturated carbocycles. The quantitative estimate of drug-likeness (QED) is 0.485. The first-order valence-corrected chi connectivity index (χ1v) is 10.6. The molecule has 1 atom stereocenters. The minimum absolute atomic E-state index is 0.163. The molecule has 158 valence electrons. The smallest absolute Gasteiger partial charge is 0.244 e. The van der Waals surface area contributed by atoms with Gasteiger partial charge in [0.1, 0.15) is 5.75 Å². The maximum Gasteiger partial charge on any atom is 0.244 e. The number of nitrogens with zero attached hydrogens (tertiary/aromatic N) is 3. The SMILES string of the molecule is COc1cccc(CN2CCCCC2c2nc(CCOCc3ccccc3)no2)c1. The summed E-state index contributed by atoms with van der Waals surface area (Å²) >= 11 is 0. The number of methoxy groups -OCH3 is 1. The summed E-state index contributed by atoms with van der Waals surface area (Å²) in [6.45, 7) is 3.05. The van der Waals surface area contributed by atoms with Gasteiger partial charge in [-0.25, -0.2) is 0 Å². The summed E-state index contributed by atoms with van der Waals surface area (Å²) < 4.78 is 16.8. The second-order valence-corrected chi connectivity index (χ2v) is 7.67. The molecule has 4 rings (SSSR count). The Bertz CT molecular complexity index is 913. The van der Waals surface area contributed by atoms with Gasteiger partial charge in [-0.2, -0.15) is 4.98 Å². The van der Waals surface area contributed by atoms with E-state index in [9.17, 15) is 0 Å². The Morgan fingerprint density at radius 2 is 1.93 bits per heavy atom. The molecule has 1 unspecified atom stereocenters. The van der Waals surface area contributed by atoms with E-state index in [1.54, 1.807) is 7.11 Å². The molecule has 3 aromatic rings. The van der Waals surface area contributed by atoms with Crippen LogP contribution >= 0.6 is 0 Å². The van der Waals surface area contributed by atoms with Crippen LogP contribution in [0.1, 0.15) is 48.1 Å². The third-order valence-corrected chi connectivity index (χ3v) is 5.48. The third kappa shape index (κ3) is 5.46. The fourth-order valence-electron chi connectivity index (χ4n) is 3.90. The first-order chi connectivity index (χ1) is 14.8. The highest BCUT2D eigenvalue weighted by atomic mass is 16.5. The predicted molar refractivity (Wildman–Crippen MR) is 114 cm³/mol. The van der Waals surface area contributed by atoms with Gasteiger partial charge in [0.2, 0.25) is 5.89 Å². The molecule has 0 spiro atoms. The second-order valence-electron chi connectivity index (χ2n) is 7.67. The molecule has 2 aromatic carbocycles. The Kier molecular flexibility index (Phi) is 7.11. The summed E-state index contributed by atoms with van der Waals surface area (Å²) in [7, 11) is 1.70. The van der Waals surface area contributed by atoms with Gasteiger partial charge in [-0.1, -0.05) is 54.0 Å². The third-order valence-electron chi connectivity index (χ3n) is 5.48. The van der Waals surface area contributed by atoms with E-state index in [2.05, 4.69) is 39.3 Å². The number of benzene rings is 2. The Labute approximate surface area is 177 Å². The fraction of sp³-hybridized carbons (Fsp3) is 0.417. The van der Waals surface area contributed by atoms with E-state index in [1.165, 1.54) is 24.0 Å². The molecule has 0 bridgehead atoms. The van der Waals surface area contributed by atoms with Crippen molar-refractivity contribution in [3.63, 3.8) is 0 Å². The van der Waals surface area contributed by atoms with Crippen LogP contribution in [-0.4, -0.2) is 35.3 Å². The summed E-state index contributed by atoms with van der Waals surface area (Å²) in [4.78, 5) is 7.11. The molecule has 1 aromatic heterocycles. The van der Waals surface area contributed by atoms with Crippen molar-refractivity contribution >= 4 is 0 Å². The highest BCUT2D eigenvalue weighted by Gasteiger charge is 2.28. The molecule has 0 amide bonds. The molecule has 30 heavy (non-hydrogen) atoms. The van der Waals surface area contributed by atoms with Crippen LogP contribution in [-0.2, 0) is 24.3 Å². The molecule has 1 saturated heterocycles. The number of aromatic nitrogens is 2. The topological polar surface area (TPSA) is 60.6 Å². The molecular formula is C24H29N3O3. The van der Waals surface area contributed by atoms with Gasteiger partial charge in [0.25, 0.3) is 0 Å². The van der Waals surface area contributed by atoms with Gasteiger partial charge in [-0.15, -0.1) is 0 Å². The van der Waals surface area contributed by atoms with Crippen molar-refractivity contribution in [1.29, 1.82) is 0 Å². The average molecular weight is 408 g/mol. The van der Waals surface area contributed by atoms with Gasteiger partial charge in [0.05, 0.1) is 26.4 Å². The summed E-state index contributed by atoms with van der Waals surface area (Å²) in [6, 6.07) is 18.6. The van der Waals surface area contributed by atoms with Crippen LogP contribution in [0.2, 0.25) is 0 Å². The van der Waals surface area contributed by atoms with E-state index in [1.807, 2.05) is 30.3 Å². The fourth-order valence-corrected chi connectivity index (χ4v) is 3.90. The lowest BCUT2D eigenvalue weighted by atomic mass is 10.0. The summed E-state index contributed by atoms with van der Waals surface area (Å²) in [5.74, 6) is 2.32. The maximum absolute atomic E-state index is 5.76. The predicted octanol–water partition coefficient (Wildman–Crippen LogP) is 4.56. The summed E-state index contributed by atoms with van der Waals surface area (Å²) in [5.41, 5.74) is 2.40. The van der Waals surface area contributed by atoms with Crippen molar-refractivity contribution in [1.82, 2.24) is 15.0 Å². The van der Waals surface area contributed by atoms with Gasteiger partial charge in [-0.05, 0) is 42.6 Å². The normalized spacial score (nSPS) is 17.2. The summed E-state index contributed by atoms with van der Waals surface area (Å²) in [6.07, 6.45) is 4.06. The first kappa shape index (κ1) is 20.6. The van der Waals surface area contributed by atoms with Crippen molar-refractivity contribution in [3.05, 3.63) is 77.4 Å². The van der Waals surface area contributed by atoms with Gasteiger partial charge in [0, 0.05) is 13.0 Å². The van der Waals surface area contributed by atoms with Crippen LogP contribution in [0.15, 0.2) is 59.1 Å². The molecule has 1 fully saturated rings. The van der Waals surface area contributed by atoms with Gasteiger partial charge in [-0.3, -0.25) is 4.90 Å². The largest absolute Gasteiger partial charge is 0.497 e. The number of ether oxygens (including phenoxy) is 2. The number of rotatable bonds is 9. The molecule has 0 N–H and O–H groups in total. The minimum Gasteiger partial charge on any atom is -0.497 e. The highest BCUT2D eigenvalue weighted by molar-refractivity contribution is 5.28. The standard InChI is InChI=1S/C24H29N3O3/c1-28-21-11-7-10-20(16-21)17-27-14-6-5-12-22(27)24-25-23(26-30-24)13-15-29-18-19-8-3-2-4-9-19/h2-4,7-11,16,22H,5-6,12-15,17-18H2,1H3. The molecule has 1 aliphatic heterocycles. The van der Waals surface area contributed by atoms with Gasteiger partial charge >= 0.3 is 0 Å². The van der Waals surface area contributed by atoms with Crippen LogP contribution in [0.4, 0.5) is 0 Å². The zero-order valence-electron chi connectivity index (χ0n) is 17.5. The summed E-state index contributed by atoms with van der Waals surface area (Å²) in [5, 5.41) is 4.19. The average Bonchev–Trinajstić information content (AvgIpc) is 3.27. The first-order valence-electron chi connectivity index (χ1n) is 10.6. The minimum atomic E-state index is 0.163. The molecule has 6 nitrogen and oxygen atoms in total. The van der Waals surface area contributed by atoms with Crippen molar-refractivity contribution in [2.24, 2.45) is 0 Å². The van der Waals surface area contributed by atoms with Gasteiger partial charge in [0.15, 0.2) is 5.82 Å². The van der Waals surface area contributed by atoms with Crippen LogP contribution in [0.5, 0.6) is 5.75 Å². The van der Waals surface area contributed by atoms with Crippen LogP contribution in [0.25, 0.3) is 0 Å². The lowest BCUT2D eigenvalue weighted by Gasteiger charge is -2.33. The Hall–Kier alpha value is -2.70. The Balaban J connectivity index is 1.33. The van der Waals surface area contributed by atoms with E-state index in [0.717, 1.165) is 31.2 Å². The van der Waals surface area contributed by atoms with Crippen molar-refractivity contribution < 1.29 is 14.0 Å². The van der Waals surface area contributed by atoms with E-state index >= 15 is 0 Å². The zero-order valence-corrected chi connectivity index (χ0v) is 17.5. The lowest BCUT2D eigenvalue weighted by molar-refractivity contribution is 0.111. The molecule has 1 aliphatic rings. The number of piperidine rings is 1. The Morgan fingerprint density at radius 3 is 2.80 bits per heavy atom. The Morgan fingerprint density at radius 1 is 1.07 bits per heavy atom. The van der Waals surface area contributed by atoms with Crippen molar-refractivity contribution in [3.8, 4) is 5.75 Å². The molecule has 0 aliphatic carbocycles. The maximum atomic E-state index is 5.76. The van der Waals surface area contributed by atoms with E-state index in [4.69, 9.17) is 14.0 Å². The van der Waals surface area contributed by atoms with Crippen LogP contribution < -0.4 is 4.74 Å². The van der Waals surface area contributed by atoms with Gasteiger partial charge < -0.3 is 14.0 Å². The van der Waals surface area contributed by atoms with E-state index in [0.29, 0.717) is 25.5 Å². The molecule has 0 radical (unpaired) electrons. The van der Waals surface area contributed by atoms with E-state index in [-0.39, 0.29) is 6.04 Å². The molecule has 6 heteroatoms. The highest BCUT2D eigenvalue weighted by Crippen LogP contribution is 2.31. The van der Waals surface area contributed by atoms with Crippen LogP contribution in [0.3, 0.4) is 0 Å². The second kappa shape index (κ2) is 10.4. The number of hydrogen-bond donors (Lipinski definition) is 0. The van der Waals surface area contributed by atoms with E-state index < -0.39 is 0 Å². The number of likely N-dealkylation sites (tertiary alicyclic amines) is 1. The molecule has 2 heterocycles. The monoisotopic (exact) mass is 407 g/mol.